The number of ether oxygens (including phenoxy) is 2. The van der Waals surface area contributed by atoms with Crippen molar-refractivity contribution in [2.45, 2.75) is 27.4 Å². The van der Waals surface area contributed by atoms with Crippen LogP contribution in [0.1, 0.15) is 34.0 Å². The van der Waals surface area contributed by atoms with Crippen molar-refractivity contribution in [3.8, 4) is 11.5 Å². The molecule has 150 valence electrons. The predicted molar refractivity (Wildman–Crippen MR) is 120 cm³/mol. The molecule has 0 unspecified atom stereocenters. The van der Waals surface area contributed by atoms with Gasteiger partial charge in [-0.3, -0.25) is 4.79 Å². The topological polar surface area (TPSA) is 47.6 Å². The minimum Gasteiger partial charge on any atom is -0.490 e. The number of aryl methyl sites for hydroxylation is 2. The fraction of sp³-hybridized carbons (Fsp3) is 0.208. The van der Waals surface area contributed by atoms with Gasteiger partial charge in [-0.15, -0.1) is 0 Å². The second kappa shape index (κ2) is 9.61. The number of hydrogen-bond donors (Lipinski definition) is 1. The summed E-state index contributed by atoms with van der Waals surface area (Å²) < 4.78 is 12.4. The molecule has 0 saturated carbocycles. The van der Waals surface area contributed by atoms with Crippen LogP contribution in [0.4, 0.5) is 5.69 Å². The minimum atomic E-state index is -0.201. The molecule has 0 radical (unpaired) electrons. The molecule has 5 heteroatoms. The van der Waals surface area contributed by atoms with Crippen LogP contribution in [-0.2, 0) is 6.61 Å². The van der Waals surface area contributed by atoms with E-state index in [1.54, 1.807) is 12.1 Å². The van der Waals surface area contributed by atoms with E-state index in [4.69, 9.17) is 9.47 Å². The standard InChI is InChI=1S/C24H24BrNO3/c1-4-28-22-14-19(24(27)26-21-11-10-16(2)12-17(21)3)13-20(25)23(22)29-15-18-8-6-5-7-9-18/h5-14H,4,15H2,1-3H3,(H,26,27). The van der Waals surface area contributed by atoms with Crippen molar-refractivity contribution in [2.75, 3.05) is 11.9 Å². The molecule has 0 aliphatic heterocycles. The Labute approximate surface area is 180 Å². The molecule has 0 aliphatic carbocycles. The third-order valence-electron chi connectivity index (χ3n) is 4.43. The van der Waals surface area contributed by atoms with Crippen LogP contribution in [0.25, 0.3) is 0 Å². The summed E-state index contributed by atoms with van der Waals surface area (Å²) in [6, 6.07) is 19.3. The number of anilines is 1. The average molecular weight is 454 g/mol. The summed E-state index contributed by atoms with van der Waals surface area (Å²) >= 11 is 3.53. The largest absolute Gasteiger partial charge is 0.490 e. The highest BCUT2D eigenvalue weighted by molar-refractivity contribution is 9.10. The Kier molecular flexibility index (Phi) is 6.94. The highest BCUT2D eigenvalue weighted by Crippen LogP contribution is 2.37. The summed E-state index contributed by atoms with van der Waals surface area (Å²) in [6.07, 6.45) is 0. The number of amides is 1. The zero-order valence-corrected chi connectivity index (χ0v) is 18.4. The van der Waals surface area contributed by atoms with E-state index in [9.17, 15) is 4.79 Å². The van der Waals surface area contributed by atoms with Gasteiger partial charge in [0.1, 0.15) is 6.61 Å². The first-order valence-corrected chi connectivity index (χ1v) is 10.3. The molecule has 4 nitrogen and oxygen atoms in total. The quantitative estimate of drug-likeness (QED) is 0.456. The Hall–Kier alpha value is -2.79. The molecule has 0 aromatic heterocycles. The predicted octanol–water partition coefficient (Wildman–Crippen LogP) is 6.30. The average Bonchev–Trinajstić information content (AvgIpc) is 2.70. The molecule has 1 amide bonds. The van der Waals surface area contributed by atoms with E-state index in [1.165, 1.54) is 0 Å². The molecular formula is C24H24BrNO3. The molecule has 0 aliphatic rings. The lowest BCUT2D eigenvalue weighted by atomic mass is 10.1. The third-order valence-corrected chi connectivity index (χ3v) is 5.02. The van der Waals surface area contributed by atoms with Crippen molar-refractivity contribution in [1.29, 1.82) is 0 Å². The van der Waals surface area contributed by atoms with Crippen molar-refractivity contribution in [2.24, 2.45) is 0 Å². The van der Waals surface area contributed by atoms with E-state index in [1.807, 2.05) is 69.3 Å². The lowest BCUT2D eigenvalue weighted by Crippen LogP contribution is -2.13. The molecule has 0 heterocycles. The van der Waals surface area contributed by atoms with Gasteiger partial charge in [0.2, 0.25) is 0 Å². The number of halogens is 1. The first-order valence-electron chi connectivity index (χ1n) is 9.49. The lowest BCUT2D eigenvalue weighted by Gasteiger charge is -2.16. The molecule has 0 fully saturated rings. The van der Waals surface area contributed by atoms with Gasteiger partial charge in [-0.1, -0.05) is 48.0 Å². The number of hydrogen-bond acceptors (Lipinski definition) is 3. The van der Waals surface area contributed by atoms with Crippen LogP contribution in [0.15, 0.2) is 65.1 Å². The third kappa shape index (κ3) is 5.39. The Morgan fingerprint density at radius 3 is 2.45 bits per heavy atom. The van der Waals surface area contributed by atoms with Crippen LogP contribution in [0, 0.1) is 13.8 Å². The first-order chi connectivity index (χ1) is 14.0. The van der Waals surface area contributed by atoms with Gasteiger partial charge in [-0.2, -0.15) is 0 Å². The van der Waals surface area contributed by atoms with Crippen LogP contribution in [0.3, 0.4) is 0 Å². The summed E-state index contributed by atoms with van der Waals surface area (Å²) in [4.78, 5) is 12.8. The summed E-state index contributed by atoms with van der Waals surface area (Å²) in [5.41, 5.74) is 4.51. The summed E-state index contributed by atoms with van der Waals surface area (Å²) in [5.74, 6) is 0.913. The number of carbonyl (C=O) groups excluding carboxylic acids is 1. The highest BCUT2D eigenvalue weighted by Gasteiger charge is 2.17. The van der Waals surface area contributed by atoms with E-state index >= 15 is 0 Å². The van der Waals surface area contributed by atoms with Crippen molar-refractivity contribution in [3.05, 3.63) is 87.4 Å². The Balaban J connectivity index is 1.83. The van der Waals surface area contributed by atoms with Gasteiger partial charge in [-0.05, 0) is 66.0 Å². The summed E-state index contributed by atoms with van der Waals surface area (Å²) in [7, 11) is 0. The molecule has 3 rings (SSSR count). The van der Waals surface area contributed by atoms with Gasteiger partial charge in [0.25, 0.3) is 5.91 Å². The maximum absolute atomic E-state index is 12.8. The smallest absolute Gasteiger partial charge is 0.255 e. The fourth-order valence-electron chi connectivity index (χ4n) is 2.98. The van der Waals surface area contributed by atoms with Crippen molar-refractivity contribution in [3.63, 3.8) is 0 Å². The van der Waals surface area contributed by atoms with Gasteiger partial charge in [0.05, 0.1) is 11.1 Å². The van der Waals surface area contributed by atoms with E-state index in [0.717, 1.165) is 22.4 Å². The van der Waals surface area contributed by atoms with Gasteiger partial charge in [0, 0.05) is 11.3 Å². The van der Waals surface area contributed by atoms with Gasteiger partial charge in [0.15, 0.2) is 11.5 Å². The molecule has 0 saturated heterocycles. The zero-order chi connectivity index (χ0) is 20.8. The van der Waals surface area contributed by atoms with E-state index in [-0.39, 0.29) is 5.91 Å². The number of rotatable bonds is 7. The number of benzene rings is 3. The summed E-state index contributed by atoms with van der Waals surface area (Å²) in [5, 5.41) is 2.97. The van der Waals surface area contributed by atoms with Crippen LogP contribution >= 0.6 is 15.9 Å². The van der Waals surface area contributed by atoms with Crippen molar-refractivity contribution in [1.82, 2.24) is 0 Å². The summed E-state index contributed by atoms with van der Waals surface area (Å²) in [6.45, 7) is 6.78. The Morgan fingerprint density at radius 1 is 1.00 bits per heavy atom. The normalized spacial score (nSPS) is 10.5. The molecular weight excluding hydrogens is 430 g/mol. The SMILES string of the molecule is CCOc1cc(C(=O)Nc2ccc(C)cc2C)cc(Br)c1OCc1ccccc1. The first kappa shape index (κ1) is 20.9. The van der Waals surface area contributed by atoms with Gasteiger partial charge in [-0.25, -0.2) is 0 Å². The molecule has 1 N–H and O–H groups in total. The monoisotopic (exact) mass is 453 g/mol. The molecule has 0 spiro atoms. The van der Waals surface area contributed by atoms with Crippen LogP contribution in [0.5, 0.6) is 11.5 Å². The number of nitrogens with one attached hydrogen (secondary N) is 1. The highest BCUT2D eigenvalue weighted by atomic mass is 79.9. The maximum Gasteiger partial charge on any atom is 0.255 e. The minimum absolute atomic E-state index is 0.201. The van der Waals surface area contributed by atoms with E-state index in [0.29, 0.717) is 34.7 Å². The zero-order valence-electron chi connectivity index (χ0n) is 16.8. The van der Waals surface area contributed by atoms with Crippen LogP contribution in [0.2, 0.25) is 0 Å². The molecule has 3 aromatic rings. The molecule has 3 aromatic carbocycles. The van der Waals surface area contributed by atoms with Gasteiger partial charge >= 0.3 is 0 Å². The van der Waals surface area contributed by atoms with E-state index in [2.05, 4.69) is 21.2 Å². The maximum atomic E-state index is 12.8. The van der Waals surface area contributed by atoms with Crippen molar-refractivity contribution < 1.29 is 14.3 Å². The van der Waals surface area contributed by atoms with Crippen LogP contribution < -0.4 is 14.8 Å². The van der Waals surface area contributed by atoms with Gasteiger partial charge < -0.3 is 14.8 Å². The molecule has 0 bridgehead atoms. The second-order valence-corrected chi connectivity index (χ2v) is 7.62. The second-order valence-electron chi connectivity index (χ2n) is 6.77. The van der Waals surface area contributed by atoms with E-state index < -0.39 is 0 Å². The van der Waals surface area contributed by atoms with Crippen molar-refractivity contribution >= 4 is 27.5 Å². The molecule has 0 atom stereocenters. The number of carbonyl (C=O) groups is 1. The fourth-order valence-corrected chi connectivity index (χ4v) is 3.54. The van der Waals surface area contributed by atoms with Crippen LogP contribution in [-0.4, -0.2) is 12.5 Å². The molecule has 29 heavy (non-hydrogen) atoms. The Bertz CT molecular complexity index is 1000. The Morgan fingerprint density at radius 2 is 1.76 bits per heavy atom. The lowest BCUT2D eigenvalue weighted by molar-refractivity contribution is 0.102.